The van der Waals surface area contributed by atoms with Crippen molar-refractivity contribution in [3.8, 4) is 0 Å². The first-order valence-corrected chi connectivity index (χ1v) is 13.0. The van der Waals surface area contributed by atoms with E-state index in [1.54, 1.807) is 6.92 Å². The summed E-state index contributed by atoms with van der Waals surface area (Å²) in [7, 11) is -4.43. The fourth-order valence-corrected chi connectivity index (χ4v) is 6.38. The second kappa shape index (κ2) is 11.3. The van der Waals surface area contributed by atoms with E-state index in [2.05, 4.69) is 0 Å². The molecule has 2 aliphatic rings. The molecule has 1 aliphatic heterocycles. The van der Waals surface area contributed by atoms with Crippen molar-refractivity contribution in [1.82, 2.24) is 4.90 Å². The molecule has 0 saturated carbocycles. The molecule has 0 radical (unpaired) electrons. The summed E-state index contributed by atoms with van der Waals surface area (Å²) in [6, 6.07) is 1.94. The lowest BCUT2D eigenvalue weighted by molar-refractivity contribution is -0.141. The monoisotopic (exact) mass is 532 g/mol. The SMILES string of the molecule is CCOC(=O)C1=CCCCC1S(=O)(=O)N(COC(=O)N1CCC[C@@H]1C(=O)O)c1ccc(F)cc1Cl. The van der Waals surface area contributed by atoms with Gasteiger partial charge in [-0.05, 0) is 57.2 Å². The second-order valence-corrected chi connectivity index (χ2v) is 10.5. The largest absolute Gasteiger partial charge is 0.480 e. The molecule has 0 bridgehead atoms. The van der Waals surface area contributed by atoms with Gasteiger partial charge in [0.05, 0.1) is 22.9 Å². The van der Waals surface area contributed by atoms with Crippen molar-refractivity contribution in [1.29, 1.82) is 0 Å². The second-order valence-electron chi connectivity index (χ2n) is 8.02. The van der Waals surface area contributed by atoms with Crippen molar-refractivity contribution < 1.29 is 41.8 Å². The van der Waals surface area contributed by atoms with Gasteiger partial charge < -0.3 is 14.6 Å². The van der Waals surface area contributed by atoms with Gasteiger partial charge in [-0.2, -0.15) is 0 Å². The van der Waals surface area contributed by atoms with E-state index in [1.807, 2.05) is 0 Å². The Labute approximate surface area is 207 Å². The number of hydrogen-bond donors (Lipinski definition) is 1. The van der Waals surface area contributed by atoms with Crippen molar-refractivity contribution in [2.45, 2.75) is 50.3 Å². The molecule has 1 aliphatic carbocycles. The molecule has 3 rings (SSSR count). The van der Waals surface area contributed by atoms with Crippen molar-refractivity contribution in [3.05, 3.63) is 40.7 Å². The molecule has 1 unspecified atom stereocenters. The highest BCUT2D eigenvalue weighted by Gasteiger charge is 2.41. The van der Waals surface area contributed by atoms with Gasteiger partial charge >= 0.3 is 18.0 Å². The minimum absolute atomic E-state index is 0.0434. The minimum Gasteiger partial charge on any atom is -0.480 e. The molecule has 10 nitrogen and oxygen atoms in total. The van der Waals surface area contributed by atoms with Crippen LogP contribution in [0.2, 0.25) is 5.02 Å². The third-order valence-corrected chi connectivity index (χ3v) is 8.24. The predicted molar refractivity (Wildman–Crippen MR) is 124 cm³/mol. The number of carbonyl (C=O) groups is 3. The number of carboxylic acid groups (broad SMARTS) is 1. The molecule has 1 N–H and O–H groups in total. The maximum absolute atomic E-state index is 13.8. The maximum atomic E-state index is 13.8. The third-order valence-electron chi connectivity index (χ3n) is 5.82. The van der Waals surface area contributed by atoms with E-state index in [9.17, 15) is 32.3 Å². The van der Waals surface area contributed by atoms with Gasteiger partial charge in [0.25, 0.3) is 0 Å². The van der Waals surface area contributed by atoms with Gasteiger partial charge in [-0.25, -0.2) is 31.5 Å². The molecule has 1 saturated heterocycles. The zero-order chi connectivity index (χ0) is 25.8. The molecular weight excluding hydrogens is 507 g/mol. The standard InChI is InChI=1S/C22H26ClFN2O8S/c1-2-33-21(29)15-6-3-4-8-19(15)35(31,32)26(17-10-9-14(24)12-16(17)23)13-34-22(30)25-11-5-7-18(25)20(27)28/h6,9-10,12,18-19H,2-5,7-8,11,13H2,1H3,(H,27,28)/t18-,19?/m1/s1. The molecular formula is C22H26ClFN2O8S. The number of hydrogen-bond acceptors (Lipinski definition) is 7. The van der Waals surface area contributed by atoms with Gasteiger partial charge in [-0.1, -0.05) is 17.7 Å². The van der Waals surface area contributed by atoms with Crippen LogP contribution >= 0.6 is 11.6 Å². The van der Waals surface area contributed by atoms with E-state index < -0.39 is 51.9 Å². The Kier molecular flexibility index (Phi) is 8.60. The predicted octanol–water partition coefficient (Wildman–Crippen LogP) is 3.30. The first-order chi connectivity index (χ1) is 16.6. The number of ether oxygens (including phenoxy) is 2. The quantitative estimate of drug-likeness (QED) is 0.398. The number of likely N-dealkylation sites (tertiary alicyclic amines) is 1. The Morgan fingerprint density at radius 3 is 2.63 bits per heavy atom. The summed E-state index contributed by atoms with van der Waals surface area (Å²) in [6.45, 7) is 0.923. The number of esters is 1. The molecule has 1 aromatic carbocycles. The van der Waals surface area contributed by atoms with Crippen LogP contribution in [0.3, 0.4) is 0 Å². The molecule has 0 spiro atoms. The number of allylic oxidation sites excluding steroid dienone is 1. The number of halogens is 2. The van der Waals surface area contributed by atoms with Crippen LogP contribution in [0.5, 0.6) is 0 Å². The number of anilines is 1. The molecule has 1 amide bonds. The summed E-state index contributed by atoms with van der Waals surface area (Å²) in [5.41, 5.74) is -0.205. The van der Waals surface area contributed by atoms with Crippen LogP contribution in [-0.4, -0.2) is 67.6 Å². The highest BCUT2D eigenvalue weighted by atomic mass is 35.5. The van der Waals surface area contributed by atoms with E-state index in [-0.39, 0.29) is 42.3 Å². The van der Waals surface area contributed by atoms with E-state index in [4.69, 9.17) is 21.1 Å². The van der Waals surface area contributed by atoms with Gasteiger partial charge in [0.1, 0.15) is 17.1 Å². The van der Waals surface area contributed by atoms with E-state index in [0.29, 0.717) is 23.6 Å². The minimum atomic E-state index is -4.43. The van der Waals surface area contributed by atoms with Crippen molar-refractivity contribution in [2.75, 3.05) is 24.2 Å². The van der Waals surface area contributed by atoms with Crippen LogP contribution in [0.25, 0.3) is 0 Å². The fourth-order valence-electron chi connectivity index (χ4n) is 4.14. The maximum Gasteiger partial charge on any atom is 0.412 e. The zero-order valence-corrected chi connectivity index (χ0v) is 20.6. The lowest BCUT2D eigenvalue weighted by Crippen LogP contribution is -2.46. The average molecular weight is 533 g/mol. The van der Waals surface area contributed by atoms with Gasteiger partial charge in [-0.3, -0.25) is 4.90 Å². The number of carboxylic acids is 1. The van der Waals surface area contributed by atoms with Crippen molar-refractivity contribution in [3.63, 3.8) is 0 Å². The highest BCUT2D eigenvalue weighted by molar-refractivity contribution is 7.93. The number of nitrogens with zero attached hydrogens (tertiary/aromatic N) is 2. The number of sulfonamides is 1. The van der Waals surface area contributed by atoms with Crippen LogP contribution < -0.4 is 4.31 Å². The van der Waals surface area contributed by atoms with Gasteiger partial charge in [0.15, 0.2) is 6.73 Å². The summed E-state index contributed by atoms with van der Waals surface area (Å²) < 4.78 is 52.2. The highest BCUT2D eigenvalue weighted by Crippen LogP contribution is 2.35. The van der Waals surface area contributed by atoms with Crippen LogP contribution in [0, 0.1) is 5.82 Å². The van der Waals surface area contributed by atoms with Crippen LogP contribution in [0.4, 0.5) is 14.9 Å². The Morgan fingerprint density at radius 2 is 1.97 bits per heavy atom. The molecule has 13 heteroatoms. The number of benzene rings is 1. The Morgan fingerprint density at radius 1 is 1.23 bits per heavy atom. The molecule has 1 heterocycles. The Hall–Kier alpha value is -2.86. The van der Waals surface area contributed by atoms with E-state index in [0.717, 1.165) is 23.1 Å². The van der Waals surface area contributed by atoms with Crippen molar-refractivity contribution in [2.24, 2.45) is 0 Å². The van der Waals surface area contributed by atoms with Crippen LogP contribution in [0.15, 0.2) is 29.8 Å². The average Bonchev–Trinajstić information content (AvgIpc) is 3.31. The van der Waals surface area contributed by atoms with Crippen LogP contribution in [-0.2, 0) is 29.1 Å². The van der Waals surface area contributed by atoms with Crippen molar-refractivity contribution >= 4 is 45.3 Å². The molecule has 1 fully saturated rings. The topological polar surface area (TPSA) is 131 Å². The third kappa shape index (κ3) is 5.87. The smallest absolute Gasteiger partial charge is 0.412 e. The normalized spacial score (nSPS) is 20.2. The first kappa shape index (κ1) is 26.7. The summed E-state index contributed by atoms with van der Waals surface area (Å²) in [5.74, 6) is -2.68. The Balaban J connectivity index is 1.94. The molecule has 35 heavy (non-hydrogen) atoms. The zero-order valence-electron chi connectivity index (χ0n) is 19.0. The summed E-state index contributed by atoms with van der Waals surface area (Å²) in [5, 5.41) is 7.75. The number of amides is 1. The Bertz CT molecular complexity index is 1130. The summed E-state index contributed by atoms with van der Waals surface area (Å²) >= 11 is 6.14. The van der Waals surface area contributed by atoms with Gasteiger partial charge in [0, 0.05) is 6.54 Å². The fraction of sp³-hybridized carbons (Fsp3) is 0.500. The molecule has 0 aromatic heterocycles. The van der Waals surface area contributed by atoms with Crippen LogP contribution in [0.1, 0.15) is 39.0 Å². The van der Waals surface area contributed by atoms with E-state index >= 15 is 0 Å². The molecule has 192 valence electrons. The van der Waals surface area contributed by atoms with Gasteiger partial charge in [0.2, 0.25) is 10.0 Å². The van der Waals surface area contributed by atoms with Gasteiger partial charge in [-0.15, -0.1) is 0 Å². The van der Waals surface area contributed by atoms with E-state index in [1.165, 1.54) is 6.08 Å². The number of rotatable bonds is 8. The summed E-state index contributed by atoms with van der Waals surface area (Å²) in [4.78, 5) is 37.5. The lowest BCUT2D eigenvalue weighted by Gasteiger charge is -2.32. The number of carbonyl (C=O) groups excluding carboxylic acids is 2. The molecule has 2 atom stereocenters. The first-order valence-electron chi connectivity index (χ1n) is 11.1. The number of aliphatic carboxylic acids is 1. The lowest BCUT2D eigenvalue weighted by atomic mass is 9.99. The summed E-state index contributed by atoms with van der Waals surface area (Å²) in [6.07, 6.45) is 2.24. The molecule has 1 aromatic rings.